The summed E-state index contributed by atoms with van der Waals surface area (Å²) < 4.78 is 18.9. The maximum absolute atomic E-state index is 11.4. The molecule has 3 aromatic carbocycles. The lowest BCUT2D eigenvalue weighted by Gasteiger charge is -2.31. The van der Waals surface area contributed by atoms with E-state index < -0.39 is 12.2 Å². The van der Waals surface area contributed by atoms with Crippen LogP contribution >= 0.6 is 0 Å². The maximum atomic E-state index is 11.4. The highest BCUT2D eigenvalue weighted by molar-refractivity contribution is 5.15. The van der Waals surface area contributed by atoms with Crippen molar-refractivity contribution >= 4 is 0 Å². The minimum atomic E-state index is -0.800. The van der Waals surface area contributed by atoms with Crippen LogP contribution in [-0.4, -0.2) is 30.0 Å². The molecule has 42 heavy (non-hydrogen) atoms. The molecule has 0 amide bonds. The molecule has 0 spiro atoms. The summed E-state index contributed by atoms with van der Waals surface area (Å²) in [6.07, 6.45) is 13.6. The molecular formula is C38H54O4. The standard InChI is InChI=1S/C38H54O4/c1-2-3-4-5-6-7-8-9-10-11-21-28-37(41-30-34-24-17-13-18-25-34)38(42-31-35-26-19-14-20-27-35)36(39)32-40-29-33-22-15-12-16-23-33/h12-20,22-27,36-39H,2-11,21,28-32H2,1H3/t36-,37-,38+/m1/s1. The Morgan fingerprint density at radius 1 is 0.524 bits per heavy atom. The van der Waals surface area contributed by atoms with Crippen LogP contribution in [0.4, 0.5) is 0 Å². The molecule has 0 fully saturated rings. The minimum absolute atomic E-state index is 0.192. The molecule has 3 atom stereocenters. The second-order valence-corrected chi connectivity index (χ2v) is 11.5. The average Bonchev–Trinajstić information content (AvgIpc) is 3.03. The third-order valence-corrected chi connectivity index (χ3v) is 7.83. The van der Waals surface area contributed by atoms with Gasteiger partial charge in [0.05, 0.1) is 32.5 Å². The number of aliphatic hydroxyl groups is 1. The lowest BCUT2D eigenvalue weighted by atomic mass is 10.00. The van der Waals surface area contributed by atoms with E-state index in [2.05, 4.69) is 31.2 Å². The van der Waals surface area contributed by atoms with E-state index >= 15 is 0 Å². The maximum Gasteiger partial charge on any atom is 0.112 e. The summed E-state index contributed by atoms with van der Waals surface area (Å²) in [5.41, 5.74) is 3.29. The Kier molecular flexibility index (Phi) is 17.9. The molecule has 3 rings (SSSR count). The first-order valence-corrected chi connectivity index (χ1v) is 16.4. The predicted molar refractivity (Wildman–Crippen MR) is 173 cm³/mol. The highest BCUT2D eigenvalue weighted by Crippen LogP contribution is 2.21. The third kappa shape index (κ3) is 14.6. The van der Waals surface area contributed by atoms with Gasteiger partial charge in [-0.1, -0.05) is 169 Å². The SMILES string of the molecule is CCCCCCCCCCCCC[C@@H](OCc1ccccc1)[C@@H](OCc1ccccc1)[C@H](O)COCc1ccccc1. The Morgan fingerprint density at radius 3 is 1.45 bits per heavy atom. The molecule has 1 N–H and O–H groups in total. The van der Waals surface area contributed by atoms with Crippen LogP contribution in [-0.2, 0) is 34.0 Å². The number of aliphatic hydroxyl groups excluding tert-OH is 1. The molecule has 0 aliphatic heterocycles. The molecule has 0 heterocycles. The normalized spacial score (nSPS) is 13.6. The van der Waals surface area contributed by atoms with Gasteiger partial charge in [0, 0.05) is 0 Å². The Morgan fingerprint density at radius 2 is 0.952 bits per heavy atom. The van der Waals surface area contributed by atoms with Gasteiger partial charge < -0.3 is 19.3 Å². The molecule has 0 bridgehead atoms. The van der Waals surface area contributed by atoms with E-state index in [1.165, 1.54) is 64.2 Å². The molecule has 230 valence electrons. The van der Waals surface area contributed by atoms with E-state index in [0.717, 1.165) is 29.5 Å². The highest BCUT2D eigenvalue weighted by atomic mass is 16.6. The van der Waals surface area contributed by atoms with Gasteiger partial charge in [-0.2, -0.15) is 0 Å². The molecule has 0 aromatic heterocycles. The first-order valence-electron chi connectivity index (χ1n) is 16.4. The fraction of sp³-hybridized carbons (Fsp3) is 0.526. The summed E-state index contributed by atoms with van der Waals surface area (Å²) >= 11 is 0. The third-order valence-electron chi connectivity index (χ3n) is 7.83. The molecule has 0 aliphatic rings. The molecule has 4 heteroatoms. The minimum Gasteiger partial charge on any atom is -0.388 e. The van der Waals surface area contributed by atoms with Crippen LogP contribution in [0.2, 0.25) is 0 Å². The second-order valence-electron chi connectivity index (χ2n) is 11.5. The first-order chi connectivity index (χ1) is 20.8. The van der Waals surface area contributed by atoms with E-state index in [9.17, 15) is 5.11 Å². The molecule has 0 aliphatic carbocycles. The second kappa shape index (κ2) is 22.1. The van der Waals surface area contributed by atoms with Crippen molar-refractivity contribution in [2.75, 3.05) is 6.61 Å². The van der Waals surface area contributed by atoms with Crippen LogP contribution < -0.4 is 0 Å². The van der Waals surface area contributed by atoms with Crippen molar-refractivity contribution < 1.29 is 19.3 Å². The molecule has 0 radical (unpaired) electrons. The zero-order valence-corrected chi connectivity index (χ0v) is 25.9. The Balaban J connectivity index is 1.56. The van der Waals surface area contributed by atoms with Gasteiger partial charge in [0.1, 0.15) is 12.2 Å². The van der Waals surface area contributed by atoms with Gasteiger partial charge in [-0.05, 0) is 23.1 Å². The van der Waals surface area contributed by atoms with Crippen LogP contribution in [0.5, 0.6) is 0 Å². The lowest BCUT2D eigenvalue weighted by Crippen LogP contribution is -2.43. The van der Waals surface area contributed by atoms with Gasteiger partial charge in [-0.15, -0.1) is 0 Å². The summed E-state index contributed by atoms with van der Waals surface area (Å²) in [7, 11) is 0. The number of hydrogen-bond donors (Lipinski definition) is 1. The average molecular weight is 575 g/mol. The van der Waals surface area contributed by atoms with Crippen LogP contribution in [0, 0.1) is 0 Å². The van der Waals surface area contributed by atoms with Crippen molar-refractivity contribution in [2.24, 2.45) is 0 Å². The molecule has 0 saturated carbocycles. The molecule has 0 unspecified atom stereocenters. The first kappa shape index (κ1) is 34.0. The molecule has 0 saturated heterocycles. The highest BCUT2D eigenvalue weighted by Gasteiger charge is 2.30. The molecule has 3 aromatic rings. The monoisotopic (exact) mass is 574 g/mol. The summed E-state index contributed by atoms with van der Waals surface area (Å²) in [5.74, 6) is 0. The van der Waals surface area contributed by atoms with Crippen LogP contribution in [0.1, 0.15) is 101 Å². The summed E-state index contributed by atoms with van der Waals surface area (Å²) in [4.78, 5) is 0. The van der Waals surface area contributed by atoms with E-state index in [-0.39, 0.29) is 12.7 Å². The van der Waals surface area contributed by atoms with Crippen molar-refractivity contribution in [2.45, 2.75) is 122 Å². The molecular weight excluding hydrogens is 520 g/mol. The van der Waals surface area contributed by atoms with E-state index in [0.29, 0.717) is 19.8 Å². The van der Waals surface area contributed by atoms with Gasteiger partial charge >= 0.3 is 0 Å². The fourth-order valence-corrected chi connectivity index (χ4v) is 5.33. The quantitative estimate of drug-likeness (QED) is 0.108. The lowest BCUT2D eigenvalue weighted by molar-refractivity contribution is -0.149. The fourth-order valence-electron chi connectivity index (χ4n) is 5.33. The van der Waals surface area contributed by atoms with Crippen LogP contribution in [0.3, 0.4) is 0 Å². The number of rotatable bonds is 24. The Bertz CT molecular complexity index is 1010. The van der Waals surface area contributed by atoms with Gasteiger partial charge in [-0.3, -0.25) is 0 Å². The largest absolute Gasteiger partial charge is 0.388 e. The number of benzene rings is 3. The zero-order chi connectivity index (χ0) is 29.5. The smallest absolute Gasteiger partial charge is 0.112 e. The van der Waals surface area contributed by atoms with E-state index in [1.807, 2.05) is 66.7 Å². The zero-order valence-electron chi connectivity index (χ0n) is 25.9. The Hall–Kier alpha value is -2.50. The van der Waals surface area contributed by atoms with Crippen LogP contribution in [0.25, 0.3) is 0 Å². The number of unbranched alkanes of at least 4 members (excludes halogenated alkanes) is 10. The molecule has 4 nitrogen and oxygen atoms in total. The number of ether oxygens (including phenoxy) is 3. The van der Waals surface area contributed by atoms with Crippen molar-refractivity contribution in [1.29, 1.82) is 0 Å². The summed E-state index contributed by atoms with van der Waals surface area (Å²) in [5, 5.41) is 11.4. The summed E-state index contributed by atoms with van der Waals surface area (Å²) in [6.45, 7) is 3.84. The van der Waals surface area contributed by atoms with Gasteiger partial charge in [0.25, 0.3) is 0 Å². The van der Waals surface area contributed by atoms with Gasteiger partial charge in [0.2, 0.25) is 0 Å². The topological polar surface area (TPSA) is 47.9 Å². The van der Waals surface area contributed by atoms with Crippen molar-refractivity contribution in [1.82, 2.24) is 0 Å². The number of hydrogen-bond acceptors (Lipinski definition) is 4. The Labute approximate surface area is 255 Å². The van der Waals surface area contributed by atoms with Crippen LogP contribution in [0.15, 0.2) is 91.0 Å². The van der Waals surface area contributed by atoms with Gasteiger partial charge in [-0.25, -0.2) is 0 Å². The van der Waals surface area contributed by atoms with E-state index in [4.69, 9.17) is 14.2 Å². The van der Waals surface area contributed by atoms with Crippen molar-refractivity contribution in [3.05, 3.63) is 108 Å². The predicted octanol–water partition coefficient (Wildman–Crippen LogP) is 9.44. The van der Waals surface area contributed by atoms with E-state index in [1.54, 1.807) is 0 Å². The summed E-state index contributed by atoms with van der Waals surface area (Å²) in [6, 6.07) is 30.5. The van der Waals surface area contributed by atoms with Crippen molar-refractivity contribution in [3.8, 4) is 0 Å². The van der Waals surface area contributed by atoms with Crippen molar-refractivity contribution in [3.63, 3.8) is 0 Å². The van der Waals surface area contributed by atoms with Gasteiger partial charge in [0.15, 0.2) is 0 Å².